The Morgan fingerprint density at radius 3 is 2.68 bits per heavy atom. The molecule has 1 aliphatic heterocycles. The molecule has 1 fully saturated rings. The maximum absolute atomic E-state index is 6.20. The van der Waals surface area contributed by atoms with Crippen LogP contribution in [0.4, 0.5) is 5.82 Å². The quantitative estimate of drug-likeness (QED) is 0.897. The second kappa shape index (κ2) is 7.08. The molecule has 1 atom stereocenters. The summed E-state index contributed by atoms with van der Waals surface area (Å²) in [4.78, 5) is 9.20. The zero-order valence-electron chi connectivity index (χ0n) is 11.6. The Labute approximate surface area is 120 Å². The topological polar surface area (TPSA) is 45.4 Å². The molecule has 1 unspecified atom stereocenters. The van der Waals surface area contributed by atoms with Gasteiger partial charge < -0.3 is 10.6 Å². The normalized spacial score (nSPS) is 18.6. The van der Waals surface area contributed by atoms with E-state index in [0.29, 0.717) is 6.04 Å². The molecule has 0 bridgehead atoms. The van der Waals surface area contributed by atoms with Crippen LogP contribution in [0.15, 0.2) is 18.3 Å². The number of nitrogens with two attached hydrogens (primary N) is 1. The van der Waals surface area contributed by atoms with Crippen molar-refractivity contribution in [1.29, 1.82) is 0 Å². The number of pyridine rings is 1. The van der Waals surface area contributed by atoms with Gasteiger partial charge in [-0.3, -0.25) is 4.90 Å². The lowest BCUT2D eigenvalue weighted by atomic mass is 10.1. The second-order valence-corrected chi connectivity index (χ2v) is 5.38. The number of hydrogen-bond donors (Lipinski definition) is 1. The Bertz CT molecular complexity index is 391. The fourth-order valence-electron chi connectivity index (χ4n) is 2.75. The highest BCUT2D eigenvalue weighted by molar-refractivity contribution is 6.32. The molecule has 0 spiro atoms. The van der Waals surface area contributed by atoms with Crippen LogP contribution >= 0.6 is 11.6 Å². The molecule has 2 N–H and O–H groups in total. The Balaban J connectivity index is 1.94. The molecule has 0 radical (unpaired) electrons. The summed E-state index contributed by atoms with van der Waals surface area (Å²) < 4.78 is 0. The van der Waals surface area contributed by atoms with Gasteiger partial charge in [-0.2, -0.15) is 0 Å². The van der Waals surface area contributed by atoms with Gasteiger partial charge in [-0.25, -0.2) is 4.98 Å². The number of aromatic nitrogens is 1. The highest BCUT2D eigenvalue weighted by Gasteiger charge is 2.23. The molecular formula is C14H23ClN4. The maximum Gasteiger partial charge on any atom is 0.147 e. The third kappa shape index (κ3) is 3.59. The van der Waals surface area contributed by atoms with Gasteiger partial charge in [0.25, 0.3) is 0 Å². The maximum atomic E-state index is 6.20. The highest BCUT2D eigenvalue weighted by Crippen LogP contribution is 2.24. The molecule has 0 aliphatic carbocycles. The molecule has 19 heavy (non-hydrogen) atoms. The fourth-order valence-corrected chi connectivity index (χ4v) is 2.99. The first-order valence-electron chi connectivity index (χ1n) is 7.05. The van der Waals surface area contributed by atoms with Crippen LogP contribution in [-0.2, 0) is 0 Å². The average Bonchev–Trinajstić information content (AvgIpc) is 2.46. The predicted octanol–water partition coefficient (Wildman–Crippen LogP) is 1.98. The van der Waals surface area contributed by atoms with Gasteiger partial charge in [0.1, 0.15) is 5.82 Å². The molecule has 0 saturated carbocycles. The number of hydrogen-bond acceptors (Lipinski definition) is 4. The molecule has 1 aromatic rings. The summed E-state index contributed by atoms with van der Waals surface area (Å²) in [5.74, 6) is 0.913. The summed E-state index contributed by atoms with van der Waals surface area (Å²) in [6.07, 6.45) is 4.05. The van der Waals surface area contributed by atoms with Gasteiger partial charge in [-0.15, -0.1) is 0 Å². The van der Waals surface area contributed by atoms with Crippen LogP contribution in [0, 0.1) is 0 Å². The molecule has 1 saturated heterocycles. The van der Waals surface area contributed by atoms with Crippen molar-refractivity contribution in [1.82, 2.24) is 9.88 Å². The number of anilines is 1. The molecule has 0 amide bonds. The SMILES string of the molecule is CCC(CCN)N1CCN(c2ncccc2Cl)CC1. The standard InChI is InChI=1S/C14H23ClN4/c1-2-12(5-6-16)18-8-10-19(11-9-18)14-13(15)4-3-7-17-14/h3-4,7,12H,2,5-6,8-11,16H2,1H3. The van der Waals surface area contributed by atoms with Crippen LogP contribution in [0.2, 0.25) is 5.02 Å². The molecule has 1 aliphatic rings. The van der Waals surface area contributed by atoms with E-state index in [1.807, 2.05) is 12.1 Å². The lowest BCUT2D eigenvalue weighted by Crippen LogP contribution is -2.51. The van der Waals surface area contributed by atoms with E-state index < -0.39 is 0 Å². The number of halogens is 1. The van der Waals surface area contributed by atoms with Crippen molar-refractivity contribution in [2.24, 2.45) is 5.73 Å². The minimum absolute atomic E-state index is 0.617. The smallest absolute Gasteiger partial charge is 0.147 e. The van der Waals surface area contributed by atoms with Crippen LogP contribution in [0.1, 0.15) is 19.8 Å². The minimum Gasteiger partial charge on any atom is -0.353 e. The van der Waals surface area contributed by atoms with E-state index in [4.69, 9.17) is 17.3 Å². The largest absolute Gasteiger partial charge is 0.353 e. The summed E-state index contributed by atoms with van der Waals surface area (Å²) in [6, 6.07) is 4.39. The Morgan fingerprint density at radius 1 is 1.37 bits per heavy atom. The molecule has 2 heterocycles. The van der Waals surface area contributed by atoms with Crippen molar-refractivity contribution < 1.29 is 0 Å². The number of rotatable bonds is 5. The van der Waals surface area contributed by atoms with Crippen molar-refractivity contribution in [3.05, 3.63) is 23.4 Å². The van der Waals surface area contributed by atoms with E-state index in [-0.39, 0.29) is 0 Å². The fraction of sp³-hybridized carbons (Fsp3) is 0.643. The van der Waals surface area contributed by atoms with E-state index in [9.17, 15) is 0 Å². The lowest BCUT2D eigenvalue weighted by Gasteiger charge is -2.39. The van der Waals surface area contributed by atoms with Gasteiger partial charge in [0, 0.05) is 38.4 Å². The lowest BCUT2D eigenvalue weighted by molar-refractivity contribution is 0.173. The minimum atomic E-state index is 0.617. The Hall–Kier alpha value is -0.840. The van der Waals surface area contributed by atoms with Gasteiger partial charge >= 0.3 is 0 Å². The van der Waals surface area contributed by atoms with Gasteiger partial charge in [0.15, 0.2) is 0 Å². The first kappa shape index (κ1) is 14.6. The summed E-state index contributed by atoms with van der Waals surface area (Å²) in [7, 11) is 0. The Kier molecular flexibility index (Phi) is 5.43. The van der Waals surface area contributed by atoms with E-state index in [0.717, 1.165) is 50.0 Å². The Morgan fingerprint density at radius 2 is 2.11 bits per heavy atom. The monoisotopic (exact) mass is 282 g/mol. The van der Waals surface area contributed by atoms with Gasteiger partial charge in [-0.05, 0) is 31.5 Å². The van der Waals surface area contributed by atoms with Crippen molar-refractivity contribution in [2.75, 3.05) is 37.6 Å². The molecule has 4 nitrogen and oxygen atoms in total. The van der Waals surface area contributed by atoms with E-state index in [1.54, 1.807) is 6.20 Å². The molecule has 1 aromatic heterocycles. The summed E-state index contributed by atoms with van der Waals surface area (Å²) in [5, 5.41) is 0.741. The molecule has 0 aromatic carbocycles. The van der Waals surface area contributed by atoms with Crippen LogP contribution < -0.4 is 10.6 Å². The molecular weight excluding hydrogens is 260 g/mol. The first-order chi connectivity index (χ1) is 9.26. The van der Waals surface area contributed by atoms with Gasteiger partial charge in [0.2, 0.25) is 0 Å². The summed E-state index contributed by atoms with van der Waals surface area (Å²) in [5.41, 5.74) is 5.69. The van der Waals surface area contributed by atoms with Gasteiger partial charge in [0.05, 0.1) is 5.02 Å². The first-order valence-corrected chi connectivity index (χ1v) is 7.43. The van der Waals surface area contributed by atoms with Crippen molar-refractivity contribution >= 4 is 17.4 Å². The van der Waals surface area contributed by atoms with Crippen LogP contribution in [0.3, 0.4) is 0 Å². The zero-order valence-corrected chi connectivity index (χ0v) is 12.3. The number of nitrogens with zero attached hydrogens (tertiary/aromatic N) is 3. The van der Waals surface area contributed by atoms with E-state index >= 15 is 0 Å². The van der Waals surface area contributed by atoms with Crippen LogP contribution in [-0.4, -0.2) is 48.6 Å². The average molecular weight is 283 g/mol. The van der Waals surface area contributed by atoms with Crippen LogP contribution in [0.25, 0.3) is 0 Å². The highest BCUT2D eigenvalue weighted by atomic mass is 35.5. The third-order valence-electron chi connectivity index (χ3n) is 3.84. The van der Waals surface area contributed by atoms with Gasteiger partial charge in [-0.1, -0.05) is 18.5 Å². The van der Waals surface area contributed by atoms with Crippen molar-refractivity contribution in [3.8, 4) is 0 Å². The van der Waals surface area contributed by atoms with Crippen molar-refractivity contribution in [3.63, 3.8) is 0 Å². The summed E-state index contributed by atoms with van der Waals surface area (Å²) in [6.45, 7) is 7.10. The van der Waals surface area contributed by atoms with E-state index in [1.165, 1.54) is 6.42 Å². The second-order valence-electron chi connectivity index (χ2n) is 4.97. The van der Waals surface area contributed by atoms with Crippen molar-refractivity contribution in [2.45, 2.75) is 25.8 Å². The molecule has 2 rings (SSSR count). The van der Waals surface area contributed by atoms with Crippen LogP contribution in [0.5, 0.6) is 0 Å². The molecule has 5 heteroatoms. The zero-order chi connectivity index (χ0) is 13.7. The predicted molar refractivity (Wildman–Crippen MR) is 80.8 cm³/mol. The van der Waals surface area contributed by atoms with E-state index in [2.05, 4.69) is 21.7 Å². The number of piperazine rings is 1. The summed E-state index contributed by atoms with van der Waals surface area (Å²) >= 11 is 6.20. The third-order valence-corrected chi connectivity index (χ3v) is 4.14. The molecule has 106 valence electrons.